The van der Waals surface area contributed by atoms with E-state index in [4.69, 9.17) is 16.3 Å². The van der Waals surface area contributed by atoms with Gasteiger partial charge in [0.15, 0.2) is 5.82 Å². The lowest BCUT2D eigenvalue weighted by atomic mass is 10.1. The largest absolute Gasteiger partial charge is 0.457 e. The molecule has 1 aliphatic rings. The number of imidazole rings is 1. The first-order chi connectivity index (χ1) is 18.1. The summed E-state index contributed by atoms with van der Waals surface area (Å²) in [5.41, 5.74) is 5.11. The maximum Gasteiger partial charge on any atom is 0.226 e. The predicted octanol–water partition coefficient (Wildman–Crippen LogP) is 4.90. The standard InChI is InChI=1S/C27H25N9O/c1-17-10-19(4-7-24(17)37-20-5-6-23-21(11-20)32-16-35(23)3)33-26-25-22(30-15-31-26)13-29-27(34-25)36-9-8-18(14-36)12-28-2/h4-7,10-11,13,15-16,18H,8-9,12,14H2,1,3H3,(H,30,31,33). The molecule has 3 aromatic heterocycles. The second-order valence-corrected chi connectivity index (χ2v) is 9.28. The number of nitrogens with one attached hydrogen (secondary N) is 1. The van der Waals surface area contributed by atoms with Gasteiger partial charge in [-0.3, -0.25) is 0 Å². The monoisotopic (exact) mass is 491 g/mol. The molecule has 10 nitrogen and oxygen atoms in total. The van der Waals surface area contributed by atoms with Gasteiger partial charge in [-0.15, -0.1) is 0 Å². The van der Waals surface area contributed by atoms with Crippen LogP contribution < -0.4 is 15.0 Å². The van der Waals surface area contributed by atoms with Crippen LogP contribution in [0.25, 0.3) is 26.9 Å². The van der Waals surface area contributed by atoms with Crippen LogP contribution in [0.1, 0.15) is 12.0 Å². The molecule has 1 aliphatic heterocycles. The van der Waals surface area contributed by atoms with Gasteiger partial charge in [-0.25, -0.2) is 31.5 Å². The molecule has 6 rings (SSSR count). The van der Waals surface area contributed by atoms with Crippen molar-refractivity contribution in [2.75, 3.05) is 29.9 Å². The highest BCUT2D eigenvalue weighted by Gasteiger charge is 2.26. The third kappa shape index (κ3) is 4.47. The molecule has 1 N–H and O–H groups in total. The quantitative estimate of drug-likeness (QED) is 0.335. The molecule has 1 fully saturated rings. The van der Waals surface area contributed by atoms with E-state index in [0.29, 0.717) is 35.3 Å². The normalized spacial score (nSPS) is 15.3. The van der Waals surface area contributed by atoms with Crippen LogP contribution in [0.4, 0.5) is 17.5 Å². The number of benzene rings is 2. The third-order valence-corrected chi connectivity index (χ3v) is 6.65. The lowest BCUT2D eigenvalue weighted by Crippen LogP contribution is -2.22. The number of ether oxygens (including phenoxy) is 1. The molecular formula is C27H25N9O. The zero-order valence-electron chi connectivity index (χ0n) is 20.6. The molecule has 184 valence electrons. The molecule has 4 heterocycles. The van der Waals surface area contributed by atoms with Crippen molar-refractivity contribution >= 4 is 39.5 Å². The summed E-state index contributed by atoms with van der Waals surface area (Å²) < 4.78 is 8.13. The average Bonchev–Trinajstić information content (AvgIpc) is 3.52. The fourth-order valence-corrected chi connectivity index (χ4v) is 4.67. The number of rotatable bonds is 6. The first kappa shape index (κ1) is 22.7. The molecule has 0 radical (unpaired) electrons. The van der Waals surface area contributed by atoms with E-state index in [9.17, 15) is 0 Å². The zero-order valence-corrected chi connectivity index (χ0v) is 20.6. The lowest BCUT2D eigenvalue weighted by molar-refractivity contribution is 0.479. The fraction of sp³-hybridized carbons (Fsp3) is 0.259. The van der Waals surface area contributed by atoms with Crippen LogP contribution in [0.3, 0.4) is 0 Å². The maximum atomic E-state index is 7.13. The smallest absolute Gasteiger partial charge is 0.226 e. The van der Waals surface area contributed by atoms with Gasteiger partial charge < -0.3 is 24.4 Å². The molecule has 10 heteroatoms. The van der Waals surface area contributed by atoms with Crippen molar-refractivity contribution in [3.63, 3.8) is 0 Å². The van der Waals surface area contributed by atoms with E-state index in [0.717, 1.165) is 53.3 Å². The van der Waals surface area contributed by atoms with E-state index in [2.05, 4.69) is 35.0 Å². The summed E-state index contributed by atoms with van der Waals surface area (Å²) in [4.78, 5) is 28.2. The molecular weight excluding hydrogens is 466 g/mol. The van der Waals surface area contributed by atoms with Gasteiger partial charge in [0.05, 0.1) is 29.5 Å². The van der Waals surface area contributed by atoms with Crippen molar-refractivity contribution in [2.24, 2.45) is 13.0 Å². The van der Waals surface area contributed by atoms with Crippen LogP contribution in [-0.4, -0.2) is 49.1 Å². The lowest BCUT2D eigenvalue weighted by Gasteiger charge is -2.16. The van der Waals surface area contributed by atoms with E-state index in [1.165, 1.54) is 6.33 Å². The minimum absolute atomic E-state index is 0.357. The van der Waals surface area contributed by atoms with Gasteiger partial charge in [0.25, 0.3) is 0 Å². The van der Waals surface area contributed by atoms with Gasteiger partial charge in [0, 0.05) is 31.9 Å². The molecule has 0 saturated carbocycles. The van der Waals surface area contributed by atoms with E-state index in [1.807, 2.05) is 54.9 Å². The Kier molecular flexibility index (Phi) is 5.73. The Hall–Kier alpha value is -4.78. The molecule has 0 spiro atoms. The number of aryl methyl sites for hydroxylation is 2. The number of hydrogen-bond acceptors (Lipinski definition) is 8. The van der Waals surface area contributed by atoms with Crippen LogP contribution in [-0.2, 0) is 7.05 Å². The van der Waals surface area contributed by atoms with Crippen LogP contribution in [0, 0.1) is 19.4 Å². The summed E-state index contributed by atoms with van der Waals surface area (Å²) in [5, 5.41) is 3.38. The minimum Gasteiger partial charge on any atom is -0.457 e. The van der Waals surface area contributed by atoms with E-state index in [-0.39, 0.29) is 0 Å². The summed E-state index contributed by atoms with van der Waals surface area (Å²) in [7, 11) is 1.97. The van der Waals surface area contributed by atoms with Gasteiger partial charge in [0.1, 0.15) is 28.9 Å². The molecule has 2 aromatic carbocycles. The van der Waals surface area contributed by atoms with Crippen molar-refractivity contribution in [1.82, 2.24) is 29.5 Å². The van der Waals surface area contributed by atoms with Crippen LogP contribution in [0.5, 0.6) is 11.5 Å². The SMILES string of the molecule is [C-]#[N+]CC1CCN(c2ncc3ncnc(Nc4ccc(Oc5ccc6c(c5)ncn6C)c(C)c4)c3n2)C1. The molecule has 0 aliphatic carbocycles. The van der Waals surface area contributed by atoms with Gasteiger partial charge in [-0.05, 0) is 49.2 Å². The Morgan fingerprint density at radius 1 is 1.11 bits per heavy atom. The summed E-state index contributed by atoms with van der Waals surface area (Å²) in [6, 6.07) is 11.8. The van der Waals surface area contributed by atoms with Gasteiger partial charge in [-0.1, -0.05) is 0 Å². The molecule has 37 heavy (non-hydrogen) atoms. The number of hydrogen-bond donors (Lipinski definition) is 1. The molecule has 0 bridgehead atoms. The second-order valence-electron chi connectivity index (χ2n) is 9.28. The van der Waals surface area contributed by atoms with E-state index >= 15 is 0 Å². The van der Waals surface area contributed by atoms with Crippen molar-refractivity contribution in [3.8, 4) is 11.5 Å². The Morgan fingerprint density at radius 2 is 2.03 bits per heavy atom. The highest BCUT2D eigenvalue weighted by atomic mass is 16.5. The first-order valence-corrected chi connectivity index (χ1v) is 12.1. The van der Waals surface area contributed by atoms with Gasteiger partial charge in [0.2, 0.25) is 12.5 Å². The van der Waals surface area contributed by atoms with Crippen molar-refractivity contribution in [1.29, 1.82) is 0 Å². The van der Waals surface area contributed by atoms with Gasteiger partial charge >= 0.3 is 0 Å². The van der Waals surface area contributed by atoms with Crippen LogP contribution in [0.2, 0.25) is 0 Å². The topological polar surface area (TPSA) is 98.2 Å². The van der Waals surface area contributed by atoms with Crippen molar-refractivity contribution in [3.05, 3.63) is 72.2 Å². The first-order valence-electron chi connectivity index (χ1n) is 12.1. The van der Waals surface area contributed by atoms with Gasteiger partial charge in [-0.2, -0.15) is 0 Å². The number of fused-ring (bicyclic) bond motifs is 2. The number of nitrogens with zero attached hydrogens (tertiary/aromatic N) is 8. The number of aromatic nitrogens is 6. The highest BCUT2D eigenvalue weighted by molar-refractivity contribution is 5.87. The molecule has 1 unspecified atom stereocenters. The van der Waals surface area contributed by atoms with E-state index < -0.39 is 0 Å². The predicted molar refractivity (Wildman–Crippen MR) is 142 cm³/mol. The maximum absolute atomic E-state index is 7.13. The minimum atomic E-state index is 0.357. The summed E-state index contributed by atoms with van der Waals surface area (Å²) in [5.74, 6) is 3.11. The van der Waals surface area contributed by atoms with E-state index in [1.54, 1.807) is 12.5 Å². The average molecular weight is 492 g/mol. The number of anilines is 3. The third-order valence-electron chi connectivity index (χ3n) is 6.65. The molecule has 0 amide bonds. The molecule has 1 atom stereocenters. The Bertz CT molecular complexity index is 1660. The summed E-state index contributed by atoms with van der Waals surface area (Å²) in [6.07, 6.45) is 6.01. The second kappa shape index (κ2) is 9.35. The van der Waals surface area contributed by atoms with Crippen LogP contribution in [0.15, 0.2) is 55.2 Å². The Morgan fingerprint density at radius 3 is 2.89 bits per heavy atom. The Balaban J connectivity index is 1.23. The van der Waals surface area contributed by atoms with Crippen LogP contribution >= 0.6 is 0 Å². The fourth-order valence-electron chi connectivity index (χ4n) is 4.67. The molecule has 5 aromatic rings. The summed E-state index contributed by atoms with van der Waals surface area (Å²) in [6.45, 7) is 11.3. The highest BCUT2D eigenvalue weighted by Crippen LogP contribution is 2.31. The zero-order chi connectivity index (χ0) is 25.4. The van der Waals surface area contributed by atoms with Crippen molar-refractivity contribution in [2.45, 2.75) is 13.3 Å². The van der Waals surface area contributed by atoms with Crippen molar-refractivity contribution < 1.29 is 4.74 Å². The molecule has 1 saturated heterocycles. The summed E-state index contributed by atoms with van der Waals surface area (Å²) >= 11 is 0. The Labute approximate surface area is 213 Å².